The summed E-state index contributed by atoms with van der Waals surface area (Å²) in [6.45, 7) is 4.30. The van der Waals surface area contributed by atoms with Gasteiger partial charge in [-0.05, 0) is 49.1 Å². The first kappa shape index (κ1) is 17.3. The van der Waals surface area contributed by atoms with Crippen LogP contribution in [0.4, 0.5) is 5.69 Å². The lowest BCUT2D eigenvalue weighted by Crippen LogP contribution is -2.36. The Labute approximate surface area is 149 Å². The van der Waals surface area contributed by atoms with Crippen molar-refractivity contribution in [3.63, 3.8) is 0 Å². The number of hydrogen-bond acceptors (Lipinski definition) is 2. The van der Waals surface area contributed by atoms with E-state index in [1.165, 1.54) is 5.56 Å². The Morgan fingerprint density at radius 1 is 1.17 bits per heavy atom. The predicted octanol–water partition coefficient (Wildman–Crippen LogP) is 4.40. The Kier molecular flexibility index (Phi) is 4.63. The second-order valence-corrected chi connectivity index (χ2v) is 9.23. The number of rotatable bonds is 5. The summed E-state index contributed by atoms with van der Waals surface area (Å²) in [5.41, 5.74) is 2.83. The maximum atomic E-state index is 12.5. The van der Waals surface area contributed by atoms with Gasteiger partial charge in [-0.15, -0.1) is 0 Å². The minimum Gasteiger partial charge on any atom is -0.269 e. The van der Waals surface area contributed by atoms with Gasteiger partial charge in [0, 0.05) is 17.0 Å². The third kappa shape index (κ3) is 3.17. The Morgan fingerprint density at radius 2 is 1.88 bits per heavy atom. The van der Waals surface area contributed by atoms with E-state index in [4.69, 9.17) is 11.6 Å². The Balaban J connectivity index is 1.96. The summed E-state index contributed by atoms with van der Waals surface area (Å²) in [5, 5.41) is 0.649. The molecule has 0 saturated carbocycles. The SMILES string of the molecule is CCS(=O)(=O)N1CC(C)(CCc2ccccc2)c2cc(Cl)ccc21. The average Bonchev–Trinajstić information content (AvgIpc) is 2.88. The Hall–Kier alpha value is -1.52. The van der Waals surface area contributed by atoms with Gasteiger partial charge in [-0.2, -0.15) is 0 Å². The highest BCUT2D eigenvalue weighted by Crippen LogP contribution is 2.45. The molecule has 24 heavy (non-hydrogen) atoms. The molecule has 3 nitrogen and oxygen atoms in total. The van der Waals surface area contributed by atoms with Gasteiger partial charge in [-0.3, -0.25) is 4.31 Å². The topological polar surface area (TPSA) is 37.4 Å². The van der Waals surface area contributed by atoms with Crippen LogP contribution in [0.5, 0.6) is 0 Å². The molecule has 1 aliphatic rings. The number of fused-ring (bicyclic) bond motifs is 1. The highest BCUT2D eigenvalue weighted by molar-refractivity contribution is 7.92. The zero-order chi connectivity index (χ0) is 17.4. The predicted molar refractivity (Wildman–Crippen MR) is 100 cm³/mol. The molecule has 0 fully saturated rings. The van der Waals surface area contributed by atoms with Crippen LogP contribution in [-0.4, -0.2) is 20.7 Å². The molecule has 2 aromatic rings. The van der Waals surface area contributed by atoms with Gasteiger partial charge in [0.25, 0.3) is 0 Å². The van der Waals surface area contributed by atoms with Crippen LogP contribution < -0.4 is 4.31 Å². The van der Waals surface area contributed by atoms with Crippen molar-refractivity contribution >= 4 is 27.3 Å². The summed E-state index contributed by atoms with van der Waals surface area (Å²) in [5.74, 6) is 0.101. The van der Waals surface area contributed by atoms with E-state index in [-0.39, 0.29) is 11.2 Å². The first-order valence-electron chi connectivity index (χ1n) is 8.20. The highest BCUT2D eigenvalue weighted by atomic mass is 35.5. The number of benzene rings is 2. The fourth-order valence-corrected chi connectivity index (χ4v) is 4.80. The molecule has 5 heteroatoms. The molecule has 0 aliphatic carbocycles. The van der Waals surface area contributed by atoms with E-state index < -0.39 is 10.0 Å². The van der Waals surface area contributed by atoms with Crippen molar-refractivity contribution in [1.29, 1.82) is 0 Å². The van der Waals surface area contributed by atoms with E-state index in [0.29, 0.717) is 11.6 Å². The zero-order valence-electron chi connectivity index (χ0n) is 14.0. The molecular weight excluding hydrogens is 342 g/mol. The van der Waals surface area contributed by atoms with Crippen LogP contribution in [0.3, 0.4) is 0 Å². The molecule has 1 atom stereocenters. The minimum absolute atomic E-state index is 0.101. The highest BCUT2D eigenvalue weighted by Gasteiger charge is 2.42. The molecule has 0 bridgehead atoms. The summed E-state index contributed by atoms with van der Waals surface area (Å²) >= 11 is 6.20. The summed E-state index contributed by atoms with van der Waals surface area (Å²) < 4.78 is 26.6. The monoisotopic (exact) mass is 363 g/mol. The molecule has 1 heterocycles. The van der Waals surface area contributed by atoms with E-state index in [9.17, 15) is 8.42 Å². The molecule has 0 spiro atoms. The number of aryl methyl sites for hydroxylation is 1. The van der Waals surface area contributed by atoms with Crippen LogP contribution in [0.1, 0.15) is 31.4 Å². The standard InChI is InChI=1S/C19H22ClNO2S/c1-3-24(22,23)21-14-19(2,12-11-15-7-5-4-6-8-15)17-13-16(20)9-10-18(17)21/h4-10,13H,3,11-12,14H2,1-2H3. The summed E-state index contributed by atoms with van der Waals surface area (Å²) in [4.78, 5) is 0. The number of hydrogen-bond donors (Lipinski definition) is 0. The van der Waals surface area contributed by atoms with Crippen LogP contribution in [-0.2, 0) is 21.9 Å². The lowest BCUT2D eigenvalue weighted by Gasteiger charge is -2.26. The minimum atomic E-state index is -3.29. The van der Waals surface area contributed by atoms with E-state index in [2.05, 4.69) is 19.1 Å². The first-order chi connectivity index (χ1) is 11.4. The molecule has 128 valence electrons. The van der Waals surface area contributed by atoms with Gasteiger partial charge in [0.05, 0.1) is 11.4 Å². The van der Waals surface area contributed by atoms with E-state index in [1.807, 2.05) is 30.3 Å². The van der Waals surface area contributed by atoms with E-state index in [0.717, 1.165) is 24.1 Å². The van der Waals surface area contributed by atoms with Gasteiger partial charge in [-0.1, -0.05) is 48.9 Å². The molecule has 0 saturated heterocycles. The molecule has 2 aromatic carbocycles. The second-order valence-electron chi connectivity index (χ2n) is 6.61. The molecule has 0 N–H and O–H groups in total. The van der Waals surface area contributed by atoms with Crippen LogP contribution >= 0.6 is 11.6 Å². The second kappa shape index (κ2) is 6.41. The normalized spacial score (nSPS) is 20.2. The van der Waals surface area contributed by atoms with E-state index >= 15 is 0 Å². The first-order valence-corrected chi connectivity index (χ1v) is 10.2. The van der Waals surface area contributed by atoms with Crippen LogP contribution in [0.25, 0.3) is 0 Å². The van der Waals surface area contributed by atoms with Gasteiger partial charge in [0.1, 0.15) is 0 Å². The lowest BCUT2D eigenvalue weighted by atomic mass is 9.79. The van der Waals surface area contributed by atoms with Crippen molar-refractivity contribution in [3.8, 4) is 0 Å². The van der Waals surface area contributed by atoms with Crippen molar-refractivity contribution < 1.29 is 8.42 Å². The van der Waals surface area contributed by atoms with Crippen molar-refractivity contribution in [2.24, 2.45) is 0 Å². The van der Waals surface area contributed by atoms with Crippen LogP contribution in [0.2, 0.25) is 5.02 Å². The maximum Gasteiger partial charge on any atom is 0.234 e. The summed E-state index contributed by atoms with van der Waals surface area (Å²) in [6.07, 6.45) is 1.78. The zero-order valence-corrected chi connectivity index (χ0v) is 15.6. The molecule has 0 aromatic heterocycles. The molecular formula is C19H22ClNO2S. The fourth-order valence-electron chi connectivity index (χ4n) is 3.38. The summed E-state index contributed by atoms with van der Waals surface area (Å²) in [6, 6.07) is 15.8. The van der Waals surface area contributed by atoms with Gasteiger partial charge in [-0.25, -0.2) is 8.42 Å². The fraction of sp³-hybridized carbons (Fsp3) is 0.368. The van der Waals surface area contributed by atoms with E-state index in [1.54, 1.807) is 17.3 Å². The largest absolute Gasteiger partial charge is 0.269 e. The van der Waals surface area contributed by atoms with Crippen molar-refractivity contribution in [2.75, 3.05) is 16.6 Å². The van der Waals surface area contributed by atoms with Crippen molar-refractivity contribution in [1.82, 2.24) is 0 Å². The average molecular weight is 364 g/mol. The molecule has 1 unspecified atom stereocenters. The quantitative estimate of drug-likeness (QED) is 0.789. The maximum absolute atomic E-state index is 12.5. The smallest absolute Gasteiger partial charge is 0.234 e. The van der Waals surface area contributed by atoms with Crippen LogP contribution in [0.15, 0.2) is 48.5 Å². The third-order valence-electron chi connectivity index (χ3n) is 4.88. The Morgan fingerprint density at radius 3 is 2.54 bits per heavy atom. The van der Waals surface area contributed by atoms with Crippen LogP contribution in [0, 0.1) is 0 Å². The van der Waals surface area contributed by atoms with Gasteiger partial charge < -0.3 is 0 Å². The number of sulfonamides is 1. The van der Waals surface area contributed by atoms with Crippen molar-refractivity contribution in [3.05, 3.63) is 64.7 Å². The lowest BCUT2D eigenvalue weighted by molar-refractivity contribution is 0.467. The molecule has 0 amide bonds. The van der Waals surface area contributed by atoms with Gasteiger partial charge in [0.15, 0.2) is 0 Å². The number of nitrogens with zero attached hydrogens (tertiary/aromatic N) is 1. The van der Waals surface area contributed by atoms with Gasteiger partial charge >= 0.3 is 0 Å². The summed E-state index contributed by atoms with van der Waals surface area (Å²) in [7, 11) is -3.29. The van der Waals surface area contributed by atoms with Gasteiger partial charge in [0.2, 0.25) is 10.0 Å². The molecule has 1 aliphatic heterocycles. The number of anilines is 1. The molecule has 0 radical (unpaired) electrons. The Bertz CT molecular complexity index is 836. The molecule has 3 rings (SSSR count). The number of halogens is 1. The third-order valence-corrected chi connectivity index (χ3v) is 6.84. The van der Waals surface area contributed by atoms with Crippen molar-refractivity contribution in [2.45, 2.75) is 32.1 Å².